The Morgan fingerprint density at radius 2 is 1.88 bits per heavy atom. The van der Waals surface area contributed by atoms with E-state index in [2.05, 4.69) is 15.5 Å². The van der Waals surface area contributed by atoms with Gasteiger partial charge in [0.2, 0.25) is 0 Å². The Kier molecular flexibility index (Phi) is 6.22. The lowest BCUT2D eigenvalue weighted by Crippen LogP contribution is -2.22. The highest BCUT2D eigenvalue weighted by Gasteiger charge is 2.20. The molecule has 0 aliphatic carbocycles. The van der Waals surface area contributed by atoms with Crippen LogP contribution < -0.4 is 5.32 Å². The molecule has 1 N–H and O–H groups in total. The zero-order valence-electron chi connectivity index (χ0n) is 17.0. The lowest BCUT2D eigenvalue weighted by atomic mass is 10.2. The quantitative estimate of drug-likeness (QED) is 0.429. The summed E-state index contributed by atoms with van der Waals surface area (Å²) in [6.07, 6.45) is 2.97. The summed E-state index contributed by atoms with van der Waals surface area (Å²) in [7, 11) is 0. The Morgan fingerprint density at radius 3 is 2.66 bits per heavy atom. The molecular weight excluding hydrogens is 432 g/mol. The number of amides is 1. The van der Waals surface area contributed by atoms with E-state index in [4.69, 9.17) is 9.47 Å². The first-order valence-electron chi connectivity index (χ1n) is 9.68. The first-order valence-corrected chi connectivity index (χ1v) is 10.5. The number of pyridine rings is 1. The van der Waals surface area contributed by atoms with Crippen LogP contribution in [-0.2, 0) is 14.3 Å². The van der Waals surface area contributed by atoms with Crippen LogP contribution in [0.1, 0.15) is 27.0 Å². The average Bonchev–Trinajstić information content (AvgIpc) is 3.45. The molecule has 0 atom stereocenters. The van der Waals surface area contributed by atoms with E-state index in [9.17, 15) is 14.4 Å². The van der Waals surface area contributed by atoms with Gasteiger partial charge in [0.15, 0.2) is 12.3 Å². The van der Waals surface area contributed by atoms with Crippen molar-refractivity contribution in [2.45, 2.75) is 6.92 Å². The summed E-state index contributed by atoms with van der Waals surface area (Å²) in [5.41, 5.74) is 2.04. The van der Waals surface area contributed by atoms with Gasteiger partial charge in [0.05, 0.1) is 17.9 Å². The van der Waals surface area contributed by atoms with E-state index in [0.717, 1.165) is 10.4 Å². The number of nitrogens with one attached hydrogen (secondary N) is 1. The molecule has 0 fully saturated rings. The fraction of sp³-hybridized carbons (Fsp3) is 0.136. The number of hydrogen-bond donors (Lipinski definition) is 1. The Morgan fingerprint density at radius 1 is 1.06 bits per heavy atom. The molecule has 0 aliphatic rings. The van der Waals surface area contributed by atoms with Crippen LogP contribution in [-0.4, -0.2) is 45.7 Å². The largest absolute Gasteiger partial charge is 0.462 e. The molecule has 1 amide bonds. The molecule has 1 aromatic carbocycles. The third-order valence-corrected chi connectivity index (χ3v) is 5.55. The molecule has 0 unspecified atom stereocenters. The normalized spacial score (nSPS) is 10.7. The average molecular weight is 450 g/mol. The molecule has 3 aromatic heterocycles. The minimum atomic E-state index is -0.670. The van der Waals surface area contributed by atoms with Crippen molar-refractivity contribution >= 4 is 40.5 Å². The van der Waals surface area contributed by atoms with Gasteiger partial charge in [-0.2, -0.15) is 0 Å². The van der Waals surface area contributed by atoms with Gasteiger partial charge >= 0.3 is 11.9 Å². The van der Waals surface area contributed by atoms with Gasteiger partial charge in [-0.15, -0.1) is 21.5 Å². The molecule has 4 rings (SSSR count). The Bertz CT molecular complexity index is 1280. The van der Waals surface area contributed by atoms with Crippen molar-refractivity contribution in [1.82, 2.24) is 14.6 Å². The van der Waals surface area contributed by atoms with E-state index in [1.165, 1.54) is 29.9 Å². The number of anilines is 1. The second kappa shape index (κ2) is 9.40. The first-order chi connectivity index (χ1) is 15.5. The molecule has 9 nitrogen and oxygen atoms in total. The summed E-state index contributed by atoms with van der Waals surface area (Å²) in [5, 5.41) is 10.2. The van der Waals surface area contributed by atoms with Crippen LogP contribution in [0.2, 0.25) is 0 Å². The molecule has 0 saturated heterocycles. The SMILES string of the molecule is CCOC(=O)c1sc(-c2ccccc2)cc1NC(=O)COC(=O)c1ccc2nncn2c1. The maximum atomic E-state index is 12.4. The summed E-state index contributed by atoms with van der Waals surface area (Å²) < 4.78 is 11.8. The molecule has 32 heavy (non-hydrogen) atoms. The van der Waals surface area contributed by atoms with Gasteiger partial charge in [0.25, 0.3) is 5.91 Å². The highest BCUT2D eigenvalue weighted by molar-refractivity contribution is 7.18. The molecule has 0 bridgehead atoms. The molecule has 0 spiro atoms. The number of esters is 2. The van der Waals surface area contributed by atoms with Crippen molar-refractivity contribution < 1.29 is 23.9 Å². The number of ether oxygens (including phenoxy) is 2. The number of rotatable bonds is 7. The molecule has 162 valence electrons. The third kappa shape index (κ3) is 4.65. The number of carbonyl (C=O) groups excluding carboxylic acids is 3. The minimum Gasteiger partial charge on any atom is -0.462 e. The Labute approximate surface area is 186 Å². The van der Waals surface area contributed by atoms with E-state index >= 15 is 0 Å². The van der Waals surface area contributed by atoms with E-state index in [-0.39, 0.29) is 17.0 Å². The Balaban J connectivity index is 1.46. The number of benzene rings is 1. The predicted molar refractivity (Wildman–Crippen MR) is 118 cm³/mol. The van der Waals surface area contributed by atoms with Crippen LogP contribution >= 0.6 is 11.3 Å². The Hall–Kier alpha value is -4.05. The van der Waals surface area contributed by atoms with Crippen LogP contribution in [0.4, 0.5) is 5.69 Å². The second-order valence-corrected chi connectivity index (χ2v) is 7.63. The molecular formula is C22H18N4O5S. The number of nitrogens with zero attached hydrogens (tertiary/aromatic N) is 3. The van der Waals surface area contributed by atoms with Gasteiger partial charge in [-0.3, -0.25) is 9.20 Å². The lowest BCUT2D eigenvalue weighted by molar-refractivity contribution is -0.119. The summed E-state index contributed by atoms with van der Waals surface area (Å²) >= 11 is 1.21. The van der Waals surface area contributed by atoms with Crippen LogP contribution in [0.5, 0.6) is 0 Å². The van der Waals surface area contributed by atoms with Crippen molar-refractivity contribution in [3.8, 4) is 10.4 Å². The minimum absolute atomic E-state index is 0.208. The van der Waals surface area contributed by atoms with E-state index < -0.39 is 24.5 Å². The summed E-state index contributed by atoms with van der Waals surface area (Å²) in [5.74, 6) is -1.78. The molecule has 0 saturated carbocycles. The van der Waals surface area contributed by atoms with E-state index in [1.807, 2.05) is 30.3 Å². The van der Waals surface area contributed by atoms with Gasteiger partial charge in [0, 0.05) is 11.1 Å². The number of hydrogen-bond acceptors (Lipinski definition) is 8. The van der Waals surface area contributed by atoms with Crippen LogP contribution in [0.3, 0.4) is 0 Å². The first kappa shape index (κ1) is 21.2. The maximum Gasteiger partial charge on any atom is 0.350 e. The topological polar surface area (TPSA) is 112 Å². The molecule has 4 aromatic rings. The smallest absolute Gasteiger partial charge is 0.350 e. The van der Waals surface area contributed by atoms with Gasteiger partial charge in [0.1, 0.15) is 11.2 Å². The fourth-order valence-corrected chi connectivity index (χ4v) is 3.94. The van der Waals surface area contributed by atoms with Crippen molar-refractivity contribution in [2.24, 2.45) is 0 Å². The summed E-state index contributed by atoms with van der Waals surface area (Å²) in [4.78, 5) is 38.2. The summed E-state index contributed by atoms with van der Waals surface area (Å²) in [6.45, 7) is 1.40. The van der Waals surface area contributed by atoms with Gasteiger partial charge in [-0.1, -0.05) is 30.3 Å². The van der Waals surface area contributed by atoms with Crippen molar-refractivity contribution in [1.29, 1.82) is 0 Å². The predicted octanol–water partition coefficient (Wildman–Crippen LogP) is 3.43. The maximum absolute atomic E-state index is 12.4. The van der Waals surface area contributed by atoms with E-state index in [0.29, 0.717) is 11.3 Å². The fourth-order valence-electron chi connectivity index (χ4n) is 2.93. The van der Waals surface area contributed by atoms with Crippen LogP contribution in [0, 0.1) is 0 Å². The number of fused-ring (bicyclic) bond motifs is 1. The number of carbonyl (C=O) groups is 3. The van der Waals surface area contributed by atoms with E-state index in [1.54, 1.807) is 23.5 Å². The van der Waals surface area contributed by atoms with Gasteiger partial charge < -0.3 is 14.8 Å². The zero-order chi connectivity index (χ0) is 22.5. The van der Waals surface area contributed by atoms with Crippen molar-refractivity contribution in [3.05, 3.63) is 71.5 Å². The highest BCUT2D eigenvalue weighted by atomic mass is 32.1. The van der Waals surface area contributed by atoms with Gasteiger partial charge in [-0.05, 0) is 30.7 Å². The van der Waals surface area contributed by atoms with Crippen molar-refractivity contribution in [2.75, 3.05) is 18.5 Å². The third-order valence-electron chi connectivity index (χ3n) is 4.39. The summed E-state index contributed by atoms with van der Waals surface area (Å²) in [6, 6.07) is 14.3. The van der Waals surface area contributed by atoms with Crippen LogP contribution in [0.15, 0.2) is 61.1 Å². The lowest BCUT2D eigenvalue weighted by Gasteiger charge is -2.07. The highest BCUT2D eigenvalue weighted by Crippen LogP contribution is 2.35. The van der Waals surface area contributed by atoms with Crippen LogP contribution in [0.25, 0.3) is 16.1 Å². The second-order valence-electron chi connectivity index (χ2n) is 6.58. The standard InChI is InChI=1S/C22H18N4O5S/c1-2-30-22(29)20-16(10-17(32-20)14-6-4-3-5-7-14)24-19(27)12-31-21(28)15-8-9-18-25-23-13-26(18)11-15/h3-11,13H,2,12H2,1H3,(H,24,27). The number of thiophene rings is 1. The molecule has 0 aliphatic heterocycles. The molecule has 3 heterocycles. The zero-order valence-corrected chi connectivity index (χ0v) is 17.8. The molecule has 10 heteroatoms. The monoisotopic (exact) mass is 450 g/mol. The van der Waals surface area contributed by atoms with Gasteiger partial charge in [-0.25, -0.2) is 9.59 Å². The molecule has 0 radical (unpaired) electrons. The number of aromatic nitrogens is 3. The van der Waals surface area contributed by atoms with Crippen molar-refractivity contribution in [3.63, 3.8) is 0 Å².